The zero-order chi connectivity index (χ0) is 13.7. The quantitative estimate of drug-likeness (QED) is 0.587. The monoisotopic (exact) mass is 292 g/mol. The molecule has 0 aromatic heterocycles. The van der Waals surface area contributed by atoms with E-state index < -0.39 is 0 Å². The predicted octanol–water partition coefficient (Wildman–Crippen LogP) is 5.72. The zero-order valence-electron chi connectivity index (χ0n) is 13.2. The maximum Gasteiger partial charge on any atom is 0.0189 e. The van der Waals surface area contributed by atoms with Crippen LogP contribution in [0.25, 0.3) is 0 Å². The number of hydrogen-bond acceptors (Lipinski definition) is 1. The van der Waals surface area contributed by atoms with Crippen LogP contribution in [-0.2, 0) is 0 Å². The first-order chi connectivity index (χ1) is 9.74. The van der Waals surface area contributed by atoms with E-state index in [-0.39, 0.29) is 0 Å². The van der Waals surface area contributed by atoms with Crippen LogP contribution in [0, 0.1) is 35.5 Å². The molecule has 20 heavy (non-hydrogen) atoms. The van der Waals surface area contributed by atoms with Crippen LogP contribution in [0.15, 0.2) is 0 Å². The average Bonchev–Trinajstić information content (AvgIpc) is 2.83. The fourth-order valence-corrected chi connectivity index (χ4v) is 7.90. The van der Waals surface area contributed by atoms with Gasteiger partial charge in [0, 0.05) is 4.75 Å². The fourth-order valence-electron chi connectivity index (χ4n) is 7.14. The highest BCUT2D eigenvalue weighted by Crippen LogP contribution is 2.63. The normalized spacial score (nSPS) is 54.9. The Kier molecular flexibility index (Phi) is 3.64. The molecule has 1 heteroatoms. The summed E-state index contributed by atoms with van der Waals surface area (Å²) >= 11 is 5.32. The molecule has 0 saturated heterocycles. The summed E-state index contributed by atoms with van der Waals surface area (Å²) in [5.74, 6) is 6.26. The number of fused-ring (bicyclic) bond motifs is 5. The second-order valence-electron chi connectivity index (χ2n) is 8.43. The van der Waals surface area contributed by atoms with Gasteiger partial charge in [-0.1, -0.05) is 32.6 Å². The Labute approximate surface area is 130 Å². The van der Waals surface area contributed by atoms with Crippen molar-refractivity contribution >= 4 is 12.6 Å². The molecule has 0 aromatic carbocycles. The molecule has 4 saturated carbocycles. The summed E-state index contributed by atoms with van der Waals surface area (Å²) in [6.07, 6.45) is 16.6. The highest BCUT2D eigenvalue weighted by molar-refractivity contribution is 7.81. The van der Waals surface area contributed by atoms with Crippen molar-refractivity contribution in [2.45, 2.75) is 82.3 Å². The van der Waals surface area contributed by atoms with Gasteiger partial charge in [-0.25, -0.2) is 0 Å². The van der Waals surface area contributed by atoms with Crippen molar-refractivity contribution in [2.75, 3.05) is 0 Å². The van der Waals surface area contributed by atoms with Gasteiger partial charge >= 0.3 is 0 Å². The molecule has 0 spiro atoms. The van der Waals surface area contributed by atoms with Crippen molar-refractivity contribution in [3.05, 3.63) is 0 Å². The molecule has 0 nitrogen and oxygen atoms in total. The van der Waals surface area contributed by atoms with Gasteiger partial charge in [0.2, 0.25) is 0 Å². The molecule has 7 atom stereocenters. The Morgan fingerprint density at radius 2 is 1.70 bits per heavy atom. The van der Waals surface area contributed by atoms with E-state index in [2.05, 4.69) is 6.92 Å². The zero-order valence-corrected chi connectivity index (χ0v) is 14.1. The van der Waals surface area contributed by atoms with Crippen molar-refractivity contribution in [3.8, 4) is 0 Å². The van der Waals surface area contributed by atoms with Gasteiger partial charge in [0.05, 0.1) is 0 Å². The first kappa shape index (κ1) is 14.0. The van der Waals surface area contributed by atoms with Crippen molar-refractivity contribution in [2.24, 2.45) is 35.5 Å². The number of rotatable bonds is 1. The van der Waals surface area contributed by atoms with Crippen LogP contribution in [0.2, 0.25) is 0 Å². The second kappa shape index (κ2) is 5.21. The van der Waals surface area contributed by atoms with E-state index in [1.165, 1.54) is 44.9 Å². The maximum absolute atomic E-state index is 5.32. The molecule has 0 bridgehead atoms. The molecule has 0 N–H and O–H groups in total. The largest absolute Gasteiger partial charge is 0.172 e. The van der Waals surface area contributed by atoms with Gasteiger partial charge in [-0.05, 0) is 80.5 Å². The molecule has 4 rings (SSSR count). The molecule has 4 aliphatic rings. The predicted molar refractivity (Wildman–Crippen MR) is 89.1 cm³/mol. The van der Waals surface area contributed by atoms with Crippen molar-refractivity contribution in [3.63, 3.8) is 0 Å². The van der Waals surface area contributed by atoms with Gasteiger partial charge in [0.1, 0.15) is 0 Å². The molecule has 0 heterocycles. The molecule has 7 unspecified atom stereocenters. The Morgan fingerprint density at radius 1 is 0.850 bits per heavy atom. The van der Waals surface area contributed by atoms with Crippen molar-refractivity contribution in [1.29, 1.82) is 0 Å². The van der Waals surface area contributed by atoms with Crippen molar-refractivity contribution in [1.82, 2.24) is 0 Å². The third-order valence-corrected chi connectivity index (χ3v) is 8.92. The van der Waals surface area contributed by atoms with Crippen LogP contribution in [0.3, 0.4) is 0 Å². The van der Waals surface area contributed by atoms with E-state index in [4.69, 9.17) is 12.6 Å². The lowest BCUT2D eigenvalue weighted by Crippen LogP contribution is -2.50. The lowest BCUT2D eigenvalue weighted by molar-refractivity contribution is -0.0148. The Bertz CT molecular complexity index is 365. The van der Waals surface area contributed by atoms with E-state index >= 15 is 0 Å². The standard InChI is InChI=1S/C19H32S/c1-2-14-8-10-18-17-9-7-13-5-3-4-6-15(13)16(17)11-12-19(14,18)20/h13-18,20H,2-12H2,1H3. The summed E-state index contributed by atoms with van der Waals surface area (Å²) < 4.78 is 0.428. The SMILES string of the molecule is CCC1CCC2C3CCC4CCCCC4C3CCC12S. The van der Waals surface area contributed by atoms with Crippen molar-refractivity contribution < 1.29 is 0 Å². The minimum absolute atomic E-state index is 0.428. The molecule has 0 amide bonds. The molecule has 114 valence electrons. The van der Waals surface area contributed by atoms with E-state index in [1.807, 2.05) is 0 Å². The van der Waals surface area contributed by atoms with Crippen LogP contribution in [0.1, 0.15) is 77.6 Å². The fraction of sp³-hybridized carbons (Fsp3) is 1.00. The molecule has 0 aliphatic heterocycles. The topological polar surface area (TPSA) is 0 Å². The summed E-state index contributed by atoms with van der Waals surface area (Å²) in [6.45, 7) is 2.40. The molecular formula is C19H32S. The molecule has 4 aliphatic carbocycles. The van der Waals surface area contributed by atoms with Gasteiger partial charge < -0.3 is 0 Å². The first-order valence-electron chi connectivity index (χ1n) is 9.46. The Hall–Kier alpha value is 0.350. The minimum Gasteiger partial charge on any atom is -0.172 e. The van der Waals surface area contributed by atoms with Crippen LogP contribution in [0.5, 0.6) is 0 Å². The third-order valence-electron chi connectivity index (χ3n) is 8.00. The lowest BCUT2D eigenvalue weighted by Gasteiger charge is -2.55. The smallest absolute Gasteiger partial charge is 0.0189 e. The first-order valence-corrected chi connectivity index (χ1v) is 9.91. The molecular weight excluding hydrogens is 260 g/mol. The van der Waals surface area contributed by atoms with E-state index in [9.17, 15) is 0 Å². The molecule has 0 aromatic rings. The van der Waals surface area contributed by atoms with Gasteiger partial charge in [-0.15, -0.1) is 0 Å². The number of hydrogen-bond donors (Lipinski definition) is 1. The van der Waals surface area contributed by atoms with Gasteiger partial charge in [0.15, 0.2) is 0 Å². The lowest BCUT2D eigenvalue weighted by atomic mass is 9.53. The van der Waals surface area contributed by atoms with Crippen LogP contribution < -0.4 is 0 Å². The average molecular weight is 293 g/mol. The van der Waals surface area contributed by atoms with Gasteiger partial charge in [-0.3, -0.25) is 0 Å². The summed E-state index contributed by atoms with van der Waals surface area (Å²) in [6, 6.07) is 0. The van der Waals surface area contributed by atoms with E-state index in [1.54, 1.807) is 25.7 Å². The Balaban J connectivity index is 1.57. The highest BCUT2D eigenvalue weighted by atomic mass is 32.1. The summed E-state index contributed by atoms with van der Waals surface area (Å²) in [5.41, 5.74) is 0. The third kappa shape index (κ3) is 1.94. The summed E-state index contributed by atoms with van der Waals surface area (Å²) in [5, 5.41) is 0. The molecule has 4 fully saturated rings. The maximum atomic E-state index is 5.32. The van der Waals surface area contributed by atoms with Crippen LogP contribution in [0.4, 0.5) is 0 Å². The van der Waals surface area contributed by atoms with Gasteiger partial charge in [-0.2, -0.15) is 12.6 Å². The summed E-state index contributed by atoms with van der Waals surface area (Å²) in [4.78, 5) is 0. The Morgan fingerprint density at radius 3 is 2.55 bits per heavy atom. The van der Waals surface area contributed by atoms with E-state index in [0.717, 1.165) is 35.5 Å². The van der Waals surface area contributed by atoms with E-state index in [0.29, 0.717) is 4.75 Å². The summed E-state index contributed by atoms with van der Waals surface area (Å²) in [7, 11) is 0. The van der Waals surface area contributed by atoms with Crippen LogP contribution >= 0.6 is 12.6 Å². The second-order valence-corrected chi connectivity index (χ2v) is 9.26. The van der Waals surface area contributed by atoms with Gasteiger partial charge in [0.25, 0.3) is 0 Å². The molecule has 0 radical (unpaired) electrons. The minimum atomic E-state index is 0.428. The number of thiol groups is 1. The highest BCUT2D eigenvalue weighted by Gasteiger charge is 2.56. The van der Waals surface area contributed by atoms with Crippen LogP contribution in [-0.4, -0.2) is 4.75 Å².